The highest BCUT2D eigenvalue weighted by molar-refractivity contribution is 7.53. The molecule has 0 aliphatic carbocycles. The van der Waals surface area contributed by atoms with Crippen molar-refractivity contribution in [2.75, 3.05) is 24.0 Å². The summed E-state index contributed by atoms with van der Waals surface area (Å²) in [5.41, 5.74) is 3.28. The van der Waals surface area contributed by atoms with Gasteiger partial charge in [0.05, 0.1) is 25.9 Å². The molecule has 0 amide bonds. The zero-order valence-corrected chi connectivity index (χ0v) is 26.8. The van der Waals surface area contributed by atoms with E-state index >= 15 is 0 Å². The van der Waals surface area contributed by atoms with Crippen LogP contribution < -0.4 is 21.9 Å². The predicted octanol–water partition coefficient (Wildman–Crippen LogP) is -2.10. The number of phosphoric ester groups is 2. The number of rotatable bonds is 4. The Kier molecular flexibility index (Phi) is 8.40. The smallest absolute Gasteiger partial charge is 0.386 e. The van der Waals surface area contributed by atoms with Crippen LogP contribution in [0.15, 0.2) is 22.2 Å². The summed E-state index contributed by atoms with van der Waals surface area (Å²) >= 11 is 0. The van der Waals surface area contributed by atoms with Gasteiger partial charge in [-0.3, -0.25) is 51.9 Å². The molecule has 4 aromatic heterocycles. The first kappa shape index (κ1) is 34.0. The average Bonchev–Trinajstić information content (AvgIpc) is 3.75. The Bertz CT molecular complexity index is 2200. The van der Waals surface area contributed by atoms with E-state index in [4.69, 9.17) is 33.3 Å². The standard InChI is InChI=1S/C20H25N10O16P3/c21-19-24-14-10(16(32)26-19)23-5-30(14)18-12(31)13-8(44-18)3-42-48(37,38)45-6-1-9(43-7(6)2-41-49(39,40)46-13)29-4-22-11-15(29)25-20(27-17(11)33)28-47(34,35)36/h4-9,12-13,18,31H,1-3H2,(H,37,38)(H,39,40)(H3,21,24,26,32)(H4,25,27,28,33,34,35,36)/t6?,7-,8-,9-,12+,13?,18-/m1/s1. The third-order valence-corrected chi connectivity index (χ3v) is 10.0. The van der Waals surface area contributed by atoms with Gasteiger partial charge in [0.25, 0.3) is 11.1 Å². The number of nitrogen functional groups attached to an aromatic ring is 1. The van der Waals surface area contributed by atoms with Crippen molar-refractivity contribution in [1.82, 2.24) is 39.0 Å². The summed E-state index contributed by atoms with van der Waals surface area (Å²) in [6, 6.07) is 0. The van der Waals surface area contributed by atoms with Crippen molar-refractivity contribution in [2.24, 2.45) is 0 Å². The van der Waals surface area contributed by atoms with E-state index in [-0.39, 0.29) is 34.7 Å². The van der Waals surface area contributed by atoms with Crippen molar-refractivity contribution in [3.8, 4) is 0 Å². The molecule has 0 aromatic carbocycles. The number of aromatic amines is 2. The van der Waals surface area contributed by atoms with Crippen LogP contribution in [0, 0.1) is 0 Å². The number of hydrogen-bond acceptors (Lipinski definition) is 17. The molecule has 0 radical (unpaired) electrons. The summed E-state index contributed by atoms with van der Waals surface area (Å²) in [4.78, 5) is 84.6. The van der Waals surface area contributed by atoms with Gasteiger partial charge in [-0.05, 0) is 0 Å². The Morgan fingerprint density at radius 2 is 1.51 bits per heavy atom. The van der Waals surface area contributed by atoms with Crippen molar-refractivity contribution in [2.45, 2.75) is 49.4 Å². The molecule has 26 nitrogen and oxygen atoms in total. The van der Waals surface area contributed by atoms with Crippen LogP contribution in [0.1, 0.15) is 18.9 Å². The van der Waals surface area contributed by atoms with Crippen molar-refractivity contribution in [3.05, 3.63) is 33.4 Å². The molecule has 29 heteroatoms. The number of aromatic nitrogens is 8. The lowest BCUT2D eigenvalue weighted by Crippen LogP contribution is -2.37. The number of aliphatic hydroxyl groups is 1. The summed E-state index contributed by atoms with van der Waals surface area (Å²) in [5.74, 6) is -0.886. The van der Waals surface area contributed by atoms with Gasteiger partial charge in [-0.25, -0.2) is 23.7 Å². The molecule has 266 valence electrons. The van der Waals surface area contributed by atoms with Crippen molar-refractivity contribution in [1.29, 1.82) is 0 Å². The topological polar surface area (TPSA) is 373 Å². The van der Waals surface area contributed by atoms with Crippen LogP contribution in [0.5, 0.6) is 0 Å². The second-order valence-corrected chi connectivity index (χ2v) is 15.0. The summed E-state index contributed by atoms with van der Waals surface area (Å²) in [7, 11) is -15.0. The zero-order valence-electron chi connectivity index (χ0n) is 24.1. The number of H-pyrrole nitrogens is 2. The van der Waals surface area contributed by atoms with E-state index < -0.39 is 96.6 Å². The maximum absolute atomic E-state index is 13.1. The number of fused-ring (bicyclic) bond motifs is 4. The van der Waals surface area contributed by atoms with Crippen LogP contribution >= 0.6 is 23.4 Å². The van der Waals surface area contributed by atoms with Gasteiger partial charge in [0, 0.05) is 6.42 Å². The molecule has 7 heterocycles. The lowest BCUT2D eigenvalue weighted by molar-refractivity contribution is -0.0662. The van der Waals surface area contributed by atoms with Crippen LogP contribution in [-0.4, -0.2) is 107 Å². The third kappa shape index (κ3) is 6.72. The van der Waals surface area contributed by atoms with E-state index in [1.165, 1.54) is 0 Å². The number of imidazole rings is 2. The van der Waals surface area contributed by atoms with Crippen molar-refractivity contribution < 1.29 is 65.9 Å². The average molecular weight is 754 g/mol. The first-order valence-electron chi connectivity index (χ1n) is 13.8. The minimum absolute atomic E-state index is 0.123. The quantitative estimate of drug-likeness (QED) is 0.101. The molecule has 0 saturated carbocycles. The first-order chi connectivity index (χ1) is 23.0. The second-order valence-electron chi connectivity index (χ2n) is 10.8. The lowest BCUT2D eigenvalue weighted by Gasteiger charge is -2.27. The summed E-state index contributed by atoms with van der Waals surface area (Å²) < 4.78 is 72.4. The van der Waals surface area contributed by atoms with Gasteiger partial charge in [0.15, 0.2) is 28.6 Å². The van der Waals surface area contributed by atoms with Gasteiger partial charge in [0.2, 0.25) is 11.9 Å². The Hall–Kier alpha value is -3.45. The highest BCUT2D eigenvalue weighted by atomic mass is 31.2. The predicted molar refractivity (Wildman–Crippen MR) is 156 cm³/mol. The molecule has 3 fully saturated rings. The number of phosphoric acid groups is 2. The molecule has 3 aliphatic heterocycles. The molecule has 10 N–H and O–H groups in total. The Morgan fingerprint density at radius 3 is 2.20 bits per heavy atom. The van der Waals surface area contributed by atoms with E-state index in [9.17, 15) is 48.0 Å². The molecule has 4 aromatic rings. The van der Waals surface area contributed by atoms with Crippen LogP contribution in [0.3, 0.4) is 0 Å². The van der Waals surface area contributed by atoms with Gasteiger partial charge in [-0.2, -0.15) is 9.97 Å². The summed E-state index contributed by atoms with van der Waals surface area (Å²) in [6.45, 7) is -1.64. The Labute approximate surface area is 269 Å². The number of nitrogens with zero attached hydrogens (tertiary/aromatic N) is 6. The van der Waals surface area contributed by atoms with Gasteiger partial charge in [0.1, 0.15) is 36.7 Å². The van der Waals surface area contributed by atoms with Crippen LogP contribution in [0.4, 0.5) is 11.9 Å². The van der Waals surface area contributed by atoms with Gasteiger partial charge >= 0.3 is 23.4 Å². The van der Waals surface area contributed by atoms with E-state index in [0.29, 0.717) is 0 Å². The molecular formula is C20H25N10O16P3. The van der Waals surface area contributed by atoms with Crippen LogP contribution in [0.2, 0.25) is 0 Å². The number of hydrogen-bond donors (Lipinski definition) is 9. The lowest BCUT2D eigenvalue weighted by atomic mass is 10.1. The molecule has 0 spiro atoms. The van der Waals surface area contributed by atoms with Gasteiger partial charge in [-0.1, -0.05) is 0 Å². The molecule has 49 heavy (non-hydrogen) atoms. The van der Waals surface area contributed by atoms with E-state index in [2.05, 4.69) is 29.9 Å². The fourth-order valence-electron chi connectivity index (χ4n) is 5.52. The van der Waals surface area contributed by atoms with Crippen molar-refractivity contribution >= 4 is 57.6 Å². The number of nitrogens with one attached hydrogen (secondary N) is 3. The molecule has 0 bridgehead atoms. The Balaban J connectivity index is 1.15. The van der Waals surface area contributed by atoms with Gasteiger partial charge < -0.3 is 39.9 Å². The fourth-order valence-corrected chi connectivity index (χ4v) is 7.83. The third-order valence-electron chi connectivity index (χ3n) is 7.54. The minimum atomic E-state index is -5.08. The molecule has 7 rings (SSSR count). The van der Waals surface area contributed by atoms with Crippen LogP contribution in [-0.2, 0) is 41.3 Å². The number of aliphatic hydroxyl groups excluding tert-OH is 1. The molecule has 9 atom stereocenters. The highest BCUT2D eigenvalue weighted by Crippen LogP contribution is 2.53. The second kappa shape index (κ2) is 12.1. The highest BCUT2D eigenvalue weighted by Gasteiger charge is 2.52. The monoisotopic (exact) mass is 754 g/mol. The summed E-state index contributed by atoms with van der Waals surface area (Å²) in [5, 5.41) is 12.9. The maximum atomic E-state index is 13.1. The van der Waals surface area contributed by atoms with Crippen LogP contribution in [0.25, 0.3) is 22.3 Å². The zero-order chi connectivity index (χ0) is 35.0. The van der Waals surface area contributed by atoms with E-state index in [1.54, 1.807) is 5.09 Å². The molecule has 4 unspecified atom stereocenters. The van der Waals surface area contributed by atoms with E-state index in [0.717, 1.165) is 21.8 Å². The number of anilines is 2. The van der Waals surface area contributed by atoms with Crippen molar-refractivity contribution in [3.63, 3.8) is 0 Å². The SMILES string of the molecule is Nc1nc2c(ncn2[C@@H]2O[C@@H]3COP(=O)(O)OC4C[C@H](n5cnc6c(=O)[nH]c(NP(=O)(O)O)nc65)O[C@@H]4COP(=O)(O)OC3[C@@H]2O)c(=O)[nH]1. The molecule has 3 aliphatic rings. The largest absolute Gasteiger partial charge is 0.472 e. The fraction of sp³-hybridized carbons (Fsp3) is 0.500. The molecule has 3 saturated heterocycles. The summed E-state index contributed by atoms with van der Waals surface area (Å²) in [6.07, 6.45) is -8.55. The first-order valence-corrected chi connectivity index (χ1v) is 18.4. The number of ether oxygens (including phenoxy) is 2. The normalized spacial score (nSPS) is 34.3. The van der Waals surface area contributed by atoms with Gasteiger partial charge in [-0.15, -0.1) is 0 Å². The van der Waals surface area contributed by atoms with E-state index in [1.807, 2.05) is 0 Å². The minimum Gasteiger partial charge on any atom is -0.386 e. The molecular weight excluding hydrogens is 729 g/mol. The maximum Gasteiger partial charge on any atom is 0.472 e. The Morgan fingerprint density at radius 1 is 0.898 bits per heavy atom. The number of nitrogens with two attached hydrogens (primary N) is 1.